The highest BCUT2D eigenvalue weighted by Gasteiger charge is 2.16. The number of esters is 1. The quantitative estimate of drug-likeness (QED) is 0.613. The standard InChI is InChI=1S/C11H10O2/c12-11-8-4-7-10(13-11)9-5-2-1-3-6-9/h1-6,8,10H,7H2/i7D,8D. The topological polar surface area (TPSA) is 26.3 Å². The predicted molar refractivity (Wildman–Crippen MR) is 49.0 cm³/mol. The van der Waals surface area contributed by atoms with Gasteiger partial charge in [-0.15, -0.1) is 0 Å². The van der Waals surface area contributed by atoms with Crippen molar-refractivity contribution in [1.29, 1.82) is 0 Å². The van der Waals surface area contributed by atoms with Crippen LogP contribution in [0.25, 0.3) is 0 Å². The molecule has 0 aliphatic carbocycles. The summed E-state index contributed by atoms with van der Waals surface area (Å²) in [5, 5.41) is 0. The molecule has 0 saturated heterocycles. The van der Waals surface area contributed by atoms with Gasteiger partial charge < -0.3 is 4.74 Å². The number of rotatable bonds is 1. The van der Waals surface area contributed by atoms with Crippen LogP contribution in [-0.4, -0.2) is 5.97 Å². The first-order chi connectivity index (χ1) is 7.18. The molecule has 2 heteroatoms. The fourth-order valence-corrected chi connectivity index (χ4v) is 1.21. The number of hydrogen-bond donors (Lipinski definition) is 0. The van der Waals surface area contributed by atoms with Crippen molar-refractivity contribution in [1.82, 2.24) is 0 Å². The van der Waals surface area contributed by atoms with Gasteiger partial charge in [0.25, 0.3) is 0 Å². The molecule has 2 rings (SSSR count). The second-order valence-corrected chi connectivity index (χ2v) is 2.74. The molecule has 0 N–H and O–H groups in total. The minimum absolute atomic E-state index is 0.234. The SMILES string of the molecule is [2H]C1=CC([2H])C(c2ccccc2)OC1=O. The number of hydrogen-bond acceptors (Lipinski definition) is 2. The molecule has 1 aromatic carbocycles. The smallest absolute Gasteiger partial charge is 0.331 e. The van der Waals surface area contributed by atoms with Gasteiger partial charge in [-0.1, -0.05) is 36.4 Å². The van der Waals surface area contributed by atoms with Crippen LogP contribution in [0.4, 0.5) is 0 Å². The third-order valence-corrected chi connectivity index (χ3v) is 1.83. The Hall–Kier alpha value is -1.57. The lowest BCUT2D eigenvalue weighted by molar-refractivity contribution is -0.144. The average Bonchev–Trinajstić information content (AvgIpc) is 2.25. The van der Waals surface area contributed by atoms with Crippen LogP contribution in [0.1, 0.15) is 20.8 Å². The van der Waals surface area contributed by atoms with Gasteiger partial charge in [-0.3, -0.25) is 0 Å². The van der Waals surface area contributed by atoms with Gasteiger partial charge in [0.05, 0.1) is 1.37 Å². The van der Waals surface area contributed by atoms with Crippen LogP contribution in [0.2, 0.25) is 0 Å². The molecule has 2 atom stereocenters. The van der Waals surface area contributed by atoms with E-state index in [1.54, 1.807) is 0 Å². The maximum atomic E-state index is 11.2. The second-order valence-electron chi connectivity index (χ2n) is 2.74. The van der Waals surface area contributed by atoms with Gasteiger partial charge in [-0.2, -0.15) is 0 Å². The zero-order chi connectivity index (χ0) is 10.8. The van der Waals surface area contributed by atoms with Crippen LogP contribution in [0.5, 0.6) is 0 Å². The Morgan fingerprint density at radius 1 is 1.46 bits per heavy atom. The molecule has 1 heterocycles. The molecular weight excluding hydrogens is 164 g/mol. The summed E-state index contributed by atoms with van der Waals surface area (Å²) in [6.07, 6.45) is 0.0224. The summed E-state index contributed by atoms with van der Waals surface area (Å²) in [4.78, 5) is 11.2. The molecule has 13 heavy (non-hydrogen) atoms. The first-order valence-electron chi connectivity index (χ1n) is 5.13. The third kappa shape index (κ3) is 1.78. The summed E-state index contributed by atoms with van der Waals surface area (Å²) in [7, 11) is 0. The number of carbonyl (C=O) groups is 1. The molecule has 0 spiro atoms. The van der Waals surface area contributed by atoms with E-state index in [1.807, 2.05) is 30.3 Å². The zero-order valence-corrected chi connectivity index (χ0v) is 6.94. The Labute approximate surface area is 79.6 Å². The van der Waals surface area contributed by atoms with Crippen molar-refractivity contribution in [3.63, 3.8) is 0 Å². The van der Waals surface area contributed by atoms with Crippen LogP contribution >= 0.6 is 0 Å². The fourth-order valence-electron chi connectivity index (χ4n) is 1.21. The summed E-state index contributed by atoms with van der Waals surface area (Å²) in [5.41, 5.74) is 0.787. The lowest BCUT2D eigenvalue weighted by atomic mass is 10.1. The van der Waals surface area contributed by atoms with E-state index in [9.17, 15) is 4.79 Å². The van der Waals surface area contributed by atoms with Gasteiger partial charge in [-0.05, 0) is 5.56 Å². The van der Waals surface area contributed by atoms with Gasteiger partial charge in [-0.25, -0.2) is 4.79 Å². The first kappa shape index (κ1) is 5.97. The molecule has 1 aliphatic heterocycles. The fraction of sp³-hybridized carbons (Fsp3) is 0.182. The molecule has 66 valence electrons. The molecular formula is C11H10O2. The minimum atomic E-state index is -0.697. The van der Waals surface area contributed by atoms with Crippen molar-refractivity contribution in [3.8, 4) is 0 Å². The molecule has 2 unspecified atom stereocenters. The summed E-state index contributed by atoms with van der Waals surface area (Å²) in [6.45, 7) is 0. The van der Waals surface area contributed by atoms with E-state index in [2.05, 4.69) is 0 Å². The van der Waals surface area contributed by atoms with Crippen LogP contribution in [0, 0.1) is 0 Å². The monoisotopic (exact) mass is 176 g/mol. The summed E-state index contributed by atoms with van der Waals surface area (Å²) in [5.74, 6) is -0.660. The largest absolute Gasteiger partial charge is 0.454 e. The summed E-state index contributed by atoms with van der Waals surface area (Å²) >= 11 is 0. The third-order valence-electron chi connectivity index (χ3n) is 1.83. The van der Waals surface area contributed by atoms with Crippen molar-refractivity contribution < 1.29 is 12.3 Å². The number of cyclic esters (lactones) is 1. The maximum absolute atomic E-state index is 11.2. The molecule has 1 aliphatic rings. The van der Waals surface area contributed by atoms with Gasteiger partial charge in [0, 0.05) is 13.8 Å². The average molecular weight is 176 g/mol. The highest BCUT2D eigenvalue weighted by molar-refractivity contribution is 5.82. The molecule has 2 nitrogen and oxygen atoms in total. The first-order valence-corrected chi connectivity index (χ1v) is 4.05. The van der Waals surface area contributed by atoms with Gasteiger partial charge in [0.15, 0.2) is 0 Å². The Kier molecular flexibility index (Phi) is 1.58. The van der Waals surface area contributed by atoms with Crippen molar-refractivity contribution in [3.05, 3.63) is 48.0 Å². The van der Waals surface area contributed by atoms with E-state index in [1.165, 1.54) is 6.08 Å². The molecule has 0 fully saturated rings. The van der Waals surface area contributed by atoms with Crippen molar-refractivity contribution >= 4 is 5.97 Å². The summed E-state index contributed by atoms with van der Waals surface area (Å²) in [6, 6.07) is 8.90. The molecule has 0 radical (unpaired) electrons. The lowest BCUT2D eigenvalue weighted by Gasteiger charge is -2.18. The molecule has 0 bridgehead atoms. The van der Waals surface area contributed by atoms with Gasteiger partial charge in [0.1, 0.15) is 6.10 Å². The normalized spacial score (nSPS) is 29.8. The van der Waals surface area contributed by atoms with Crippen molar-refractivity contribution in [2.24, 2.45) is 0 Å². The van der Waals surface area contributed by atoms with E-state index in [0.29, 0.717) is 0 Å². The minimum Gasteiger partial charge on any atom is -0.454 e. The second kappa shape index (κ2) is 3.44. The van der Waals surface area contributed by atoms with Crippen LogP contribution in [-0.2, 0) is 9.53 Å². The predicted octanol–water partition coefficient (Wildman–Crippen LogP) is 2.23. The van der Waals surface area contributed by atoms with E-state index in [4.69, 9.17) is 7.48 Å². The van der Waals surface area contributed by atoms with E-state index < -0.39 is 18.5 Å². The van der Waals surface area contributed by atoms with Crippen molar-refractivity contribution in [2.45, 2.75) is 12.5 Å². The number of carbonyl (C=O) groups excluding carboxylic acids is 1. The Morgan fingerprint density at radius 3 is 3.00 bits per heavy atom. The Bertz CT molecular complexity index is 400. The lowest BCUT2D eigenvalue weighted by Crippen LogP contribution is -2.12. The molecule has 0 amide bonds. The Balaban J connectivity index is 2.29. The summed E-state index contributed by atoms with van der Waals surface area (Å²) < 4.78 is 20.0. The maximum Gasteiger partial charge on any atom is 0.331 e. The van der Waals surface area contributed by atoms with E-state index in [-0.39, 0.29) is 6.05 Å². The van der Waals surface area contributed by atoms with Gasteiger partial charge >= 0.3 is 5.97 Å². The number of ether oxygens (including phenoxy) is 1. The molecule has 0 saturated carbocycles. The molecule has 1 aromatic rings. The number of benzene rings is 1. The van der Waals surface area contributed by atoms with Crippen LogP contribution in [0.15, 0.2) is 42.5 Å². The Morgan fingerprint density at radius 2 is 2.23 bits per heavy atom. The van der Waals surface area contributed by atoms with Gasteiger partial charge in [0.2, 0.25) is 0 Å². The van der Waals surface area contributed by atoms with Crippen molar-refractivity contribution in [2.75, 3.05) is 0 Å². The van der Waals surface area contributed by atoms with Crippen LogP contribution < -0.4 is 0 Å². The highest BCUT2D eigenvalue weighted by atomic mass is 16.5. The van der Waals surface area contributed by atoms with E-state index >= 15 is 0 Å². The van der Waals surface area contributed by atoms with E-state index in [0.717, 1.165) is 5.56 Å². The van der Waals surface area contributed by atoms with Crippen LogP contribution in [0.3, 0.4) is 0 Å². The molecule has 0 aromatic heterocycles. The zero-order valence-electron chi connectivity index (χ0n) is 8.94. The highest BCUT2D eigenvalue weighted by Crippen LogP contribution is 2.24.